The van der Waals surface area contributed by atoms with Crippen LogP contribution in [0.25, 0.3) is 0 Å². The molecule has 0 unspecified atom stereocenters. The Kier molecular flexibility index (Phi) is 7.91. The molecule has 1 aromatic carbocycles. The SMILES string of the molecule is COc1cc(NC(=O)[C@H](N)C(C)C)cc(OC)c1OC.Cl. The van der Waals surface area contributed by atoms with Crippen LogP contribution < -0.4 is 25.3 Å². The molecule has 3 N–H and O–H groups in total. The van der Waals surface area contributed by atoms with Crippen molar-refractivity contribution in [1.82, 2.24) is 0 Å². The summed E-state index contributed by atoms with van der Waals surface area (Å²) in [6.07, 6.45) is 0. The zero-order valence-electron chi connectivity index (χ0n) is 12.9. The summed E-state index contributed by atoms with van der Waals surface area (Å²) in [5.41, 5.74) is 6.35. The highest BCUT2D eigenvalue weighted by atomic mass is 35.5. The Balaban J connectivity index is 0.00000400. The van der Waals surface area contributed by atoms with E-state index in [1.54, 1.807) is 12.1 Å². The minimum atomic E-state index is -0.575. The van der Waals surface area contributed by atoms with E-state index in [9.17, 15) is 4.79 Å². The smallest absolute Gasteiger partial charge is 0.241 e. The number of benzene rings is 1. The molecular formula is C14H23ClN2O4. The van der Waals surface area contributed by atoms with Gasteiger partial charge >= 0.3 is 0 Å². The van der Waals surface area contributed by atoms with Crippen LogP contribution in [0.5, 0.6) is 17.2 Å². The molecule has 1 atom stereocenters. The molecule has 0 fully saturated rings. The van der Waals surface area contributed by atoms with Crippen LogP contribution in [-0.2, 0) is 4.79 Å². The molecular weight excluding hydrogens is 296 g/mol. The minimum absolute atomic E-state index is 0. The van der Waals surface area contributed by atoms with Gasteiger partial charge in [0.25, 0.3) is 0 Å². The minimum Gasteiger partial charge on any atom is -0.493 e. The van der Waals surface area contributed by atoms with Gasteiger partial charge in [0.2, 0.25) is 11.7 Å². The fraction of sp³-hybridized carbons (Fsp3) is 0.500. The molecule has 120 valence electrons. The van der Waals surface area contributed by atoms with Crippen LogP contribution in [0.15, 0.2) is 12.1 Å². The van der Waals surface area contributed by atoms with Gasteiger partial charge in [0.05, 0.1) is 27.4 Å². The van der Waals surface area contributed by atoms with Gasteiger partial charge in [-0.15, -0.1) is 12.4 Å². The van der Waals surface area contributed by atoms with E-state index in [0.717, 1.165) is 0 Å². The first-order chi connectivity index (χ1) is 9.44. The summed E-state index contributed by atoms with van der Waals surface area (Å²) < 4.78 is 15.7. The highest BCUT2D eigenvalue weighted by Crippen LogP contribution is 2.39. The lowest BCUT2D eigenvalue weighted by molar-refractivity contribution is -0.118. The van der Waals surface area contributed by atoms with Crippen molar-refractivity contribution in [1.29, 1.82) is 0 Å². The maximum Gasteiger partial charge on any atom is 0.241 e. The number of hydrogen-bond donors (Lipinski definition) is 2. The molecule has 0 saturated carbocycles. The summed E-state index contributed by atoms with van der Waals surface area (Å²) in [6, 6.07) is 2.74. The van der Waals surface area contributed by atoms with Crippen molar-refractivity contribution >= 4 is 24.0 Å². The Morgan fingerprint density at radius 2 is 1.57 bits per heavy atom. The van der Waals surface area contributed by atoms with Crippen LogP contribution >= 0.6 is 12.4 Å². The number of ether oxygens (including phenoxy) is 3. The molecule has 0 heterocycles. The monoisotopic (exact) mass is 318 g/mol. The normalized spacial score (nSPS) is 11.4. The number of methoxy groups -OCH3 is 3. The van der Waals surface area contributed by atoms with E-state index < -0.39 is 6.04 Å². The number of hydrogen-bond acceptors (Lipinski definition) is 5. The largest absolute Gasteiger partial charge is 0.493 e. The third kappa shape index (κ3) is 4.68. The molecule has 0 radical (unpaired) electrons. The third-order valence-corrected chi connectivity index (χ3v) is 2.95. The van der Waals surface area contributed by atoms with Gasteiger partial charge in [-0.05, 0) is 5.92 Å². The molecule has 0 aliphatic rings. The molecule has 0 aliphatic carbocycles. The van der Waals surface area contributed by atoms with Crippen LogP contribution in [0.3, 0.4) is 0 Å². The van der Waals surface area contributed by atoms with Gasteiger partial charge in [-0.25, -0.2) is 0 Å². The number of halogens is 1. The lowest BCUT2D eigenvalue weighted by Gasteiger charge is -2.17. The van der Waals surface area contributed by atoms with E-state index in [1.165, 1.54) is 21.3 Å². The first-order valence-electron chi connectivity index (χ1n) is 6.31. The Labute approximate surface area is 131 Å². The molecule has 1 rings (SSSR count). The Bertz CT molecular complexity index is 455. The first-order valence-corrected chi connectivity index (χ1v) is 6.31. The highest BCUT2D eigenvalue weighted by Gasteiger charge is 2.19. The quantitative estimate of drug-likeness (QED) is 0.839. The molecule has 1 aromatic rings. The summed E-state index contributed by atoms with van der Waals surface area (Å²) in [5.74, 6) is 1.22. The van der Waals surface area contributed by atoms with Gasteiger partial charge in [0, 0.05) is 17.8 Å². The van der Waals surface area contributed by atoms with Gasteiger partial charge in [-0.3, -0.25) is 4.79 Å². The topological polar surface area (TPSA) is 82.8 Å². The third-order valence-electron chi connectivity index (χ3n) is 2.95. The summed E-state index contributed by atoms with van der Waals surface area (Å²) >= 11 is 0. The second-order valence-electron chi connectivity index (χ2n) is 4.67. The molecule has 21 heavy (non-hydrogen) atoms. The van der Waals surface area contributed by atoms with Crippen LogP contribution in [0.1, 0.15) is 13.8 Å². The van der Waals surface area contributed by atoms with E-state index in [2.05, 4.69) is 5.32 Å². The molecule has 0 aromatic heterocycles. The zero-order chi connectivity index (χ0) is 15.3. The summed E-state index contributed by atoms with van der Waals surface area (Å²) in [7, 11) is 4.55. The average molecular weight is 319 g/mol. The van der Waals surface area contributed by atoms with Gasteiger partial charge < -0.3 is 25.3 Å². The lowest BCUT2D eigenvalue weighted by Crippen LogP contribution is -2.39. The van der Waals surface area contributed by atoms with Gasteiger partial charge in [0.1, 0.15) is 0 Å². The fourth-order valence-electron chi connectivity index (χ4n) is 1.68. The standard InChI is InChI=1S/C14H22N2O4.ClH/c1-8(2)12(15)14(17)16-9-6-10(18-3)13(20-5)11(7-9)19-4;/h6-8,12H,15H2,1-5H3,(H,16,17);1H/t12-;/m1./s1. The van der Waals surface area contributed by atoms with E-state index in [0.29, 0.717) is 22.9 Å². The zero-order valence-corrected chi connectivity index (χ0v) is 13.7. The second-order valence-corrected chi connectivity index (χ2v) is 4.67. The van der Waals surface area contributed by atoms with Gasteiger partial charge in [-0.2, -0.15) is 0 Å². The average Bonchev–Trinajstić information content (AvgIpc) is 2.44. The van der Waals surface area contributed by atoms with E-state index >= 15 is 0 Å². The van der Waals surface area contributed by atoms with Crippen molar-refractivity contribution in [2.45, 2.75) is 19.9 Å². The van der Waals surface area contributed by atoms with E-state index in [1.807, 2.05) is 13.8 Å². The number of nitrogens with one attached hydrogen (secondary N) is 1. The first kappa shape index (κ1) is 19.3. The maximum atomic E-state index is 12.0. The predicted molar refractivity (Wildman–Crippen MR) is 84.8 cm³/mol. The molecule has 0 spiro atoms. The molecule has 0 saturated heterocycles. The van der Waals surface area contributed by atoms with Gasteiger partial charge in [-0.1, -0.05) is 13.8 Å². The van der Waals surface area contributed by atoms with Crippen LogP contribution in [-0.4, -0.2) is 33.3 Å². The molecule has 0 bridgehead atoms. The summed E-state index contributed by atoms with van der Waals surface area (Å²) in [4.78, 5) is 12.0. The second kappa shape index (κ2) is 8.59. The molecule has 6 nitrogen and oxygen atoms in total. The number of carbonyl (C=O) groups excluding carboxylic acids is 1. The summed E-state index contributed by atoms with van der Waals surface area (Å²) in [5, 5.41) is 2.74. The van der Waals surface area contributed by atoms with Crippen LogP contribution in [0.4, 0.5) is 5.69 Å². The maximum absolute atomic E-state index is 12.0. The Morgan fingerprint density at radius 1 is 1.10 bits per heavy atom. The van der Waals surface area contributed by atoms with Crippen molar-refractivity contribution in [3.8, 4) is 17.2 Å². The predicted octanol–water partition coefficient (Wildman–Crippen LogP) is 2.06. The number of rotatable bonds is 6. The summed E-state index contributed by atoms with van der Waals surface area (Å²) in [6.45, 7) is 3.78. The Hall–Kier alpha value is -1.66. The molecule has 0 aliphatic heterocycles. The van der Waals surface area contributed by atoms with Crippen LogP contribution in [0.2, 0.25) is 0 Å². The number of carbonyl (C=O) groups is 1. The molecule has 1 amide bonds. The highest BCUT2D eigenvalue weighted by molar-refractivity contribution is 5.95. The molecule has 7 heteroatoms. The van der Waals surface area contributed by atoms with Crippen molar-refractivity contribution < 1.29 is 19.0 Å². The van der Waals surface area contributed by atoms with E-state index in [-0.39, 0.29) is 24.2 Å². The van der Waals surface area contributed by atoms with Crippen LogP contribution in [0, 0.1) is 5.92 Å². The number of amides is 1. The van der Waals surface area contributed by atoms with Crippen molar-refractivity contribution in [2.24, 2.45) is 11.7 Å². The van der Waals surface area contributed by atoms with Crippen molar-refractivity contribution in [2.75, 3.05) is 26.6 Å². The van der Waals surface area contributed by atoms with Crippen molar-refractivity contribution in [3.63, 3.8) is 0 Å². The van der Waals surface area contributed by atoms with Gasteiger partial charge in [0.15, 0.2) is 11.5 Å². The lowest BCUT2D eigenvalue weighted by atomic mass is 10.0. The fourth-order valence-corrected chi connectivity index (χ4v) is 1.68. The Morgan fingerprint density at radius 3 is 1.90 bits per heavy atom. The number of nitrogens with two attached hydrogens (primary N) is 1. The number of anilines is 1. The van der Waals surface area contributed by atoms with Crippen molar-refractivity contribution in [3.05, 3.63) is 12.1 Å². The van der Waals surface area contributed by atoms with E-state index in [4.69, 9.17) is 19.9 Å².